The molecule has 6 nitrogen and oxygen atoms in total. The summed E-state index contributed by atoms with van der Waals surface area (Å²) in [6.07, 6.45) is 1.97. The zero-order valence-electron chi connectivity index (χ0n) is 11.8. The molecule has 1 aliphatic rings. The Kier molecular flexibility index (Phi) is 3.82. The molecule has 3 rings (SSSR count). The molecular weight excluding hydrogens is 282 g/mol. The van der Waals surface area contributed by atoms with Crippen LogP contribution < -0.4 is 5.32 Å². The van der Waals surface area contributed by atoms with E-state index in [0.29, 0.717) is 12.1 Å². The van der Waals surface area contributed by atoms with Gasteiger partial charge in [-0.25, -0.2) is 0 Å². The van der Waals surface area contributed by atoms with Crippen molar-refractivity contribution in [1.82, 2.24) is 10.3 Å². The predicted octanol–water partition coefficient (Wildman–Crippen LogP) is 1.95. The number of hydrogen-bond donors (Lipinski definition) is 1. The normalized spacial score (nSPS) is 20.9. The molecule has 0 spiro atoms. The molecule has 1 aromatic heterocycles. The molecule has 0 aliphatic heterocycles. The second-order valence-corrected chi connectivity index (χ2v) is 5.30. The molecule has 0 radical (unpaired) electrons. The van der Waals surface area contributed by atoms with E-state index in [1.807, 2.05) is 42.5 Å². The van der Waals surface area contributed by atoms with Crippen LogP contribution in [0.5, 0.6) is 0 Å². The van der Waals surface area contributed by atoms with Crippen LogP contribution in [0.15, 0.2) is 54.7 Å². The number of benzene rings is 1. The van der Waals surface area contributed by atoms with E-state index in [2.05, 4.69) is 10.3 Å². The summed E-state index contributed by atoms with van der Waals surface area (Å²) in [5, 5.41) is 13.6. The first-order chi connectivity index (χ1) is 10.7. The van der Waals surface area contributed by atoms with Crippen molar-refractivity contribution >= 4 is 5.91 Å². The molecule has 1 N–H and O–H groups in total. The minimum absolute atomic E-state index is 0.291. The lowest BCUT2D eigenvalue weighted by Gasteiger charge is -2.18. The second-order valence-electron chi connectivity index (χ2n) is 5.30. The number of aromatic nitrogens is 1. The standard InChI is InChI=1S/C16H15N3O3/c20-16(12-10-14(12)19(21)22)18-15(11-6-2-1-3-7-11)13-8-4-5-9-17-13/h1-9,12,14-15H,10H2,(H,18,20). The van der Waals surface area contributed by atoms with Crippen LogP contribution >= 0.6 is 0 Å². The number of carbonyl (C=O) groups is 1. The van der Waals surface area contributed by atoms with E-state index in [1.165, 1.54) is 0 Å². The van der Waals surface area contributed by atoms with Gasteiger partial charge >= 0.3 is 0 Å². The Hall–Kier alpha value is -2.76. The molecule has 3 atom stereocenters. The number of pyridine rings is 1. The van der Waals surface area contributed by atoms with Gasteiger partial charge in [0.2, 0.25) is 11.9 Å². The van der Waals surface area contributed by atoms with Crippen molar-refractivity contribution < 1.29 is 9.72 Å². The lowest BCUT2D eigenvalue weighted by molar-refractivity contribution is -0.497. The van der Waals surface area contributed by atoms with E-state index >= 15 is 0 Å². The molecule has 1 fully saturated rings. The first-order valence-corrected chi connectivity index (χ1v) is 7.06. The Balaban J connectivity index is 1.81. The fourth-order valence-corrected chi connectivity index (χ4v) is 2.47. The van der Waals surface area contributed by atoms with Gasteiger partial charge in [-0.2, -0.15) is 0 Å². The second kappa shape index (κ2) is 5.93. The lowest BCUT2D eigenvalue weighted by Crippen LogP contribution is -2.32. The number of nitrogens with one attached hydrogen (secondary N) is 1. The van der Waals surface area contributed by atoms with Gasteiger partial charge in [-0.1, -0.05) is 36.4 Å². The van der Waals surface area contributed by atoms with Crippen molar-refractivity contribution in [2.45, 2.75) is 18.5 Å². The predicted molar refractivity (Wildman–Crippen MR) is 79.6 cm³/mol. The van der Waals surface area contributed by atoms with Crippen molar-refractivity contribution in [2.75, 3.05) is 0 Å². The van der Waals surface area contributed by atoms with Crippen LogP contribution in [0.2, 0.25) is 0 Å². The van der Waals surface area contributed by atoms with Crippen molar-refractivity contribution in [3.8, 4) is 0 Å². The quantitative estimate of drug-likeness (QED) is 0.675. The van der Waals surface area contributed by atoms with Gasteiger partial charge in [0, 0.05) is 17.5 Å². The molecule has 22 heavy (non-hydrogen) atoms. The molecule has 1 saturated carbocycles. The van der Waals surface area contributed by atoms with Crippen LogP contribution in [-0.4, -0.2) is 21.9 Å². The molecular formula is C16H15N3O3. The fourth-order valence-electron chi connectivity index (χ4n) is 2.47. The van der Waals surface area contributed by atoms with Crippen molar-refractivity contribution in [1.29, 1.82) is 0 Å². The largest absolute Gasteiger partial charge is 0.343 e. The molecule has 0 saturated heterocycles. The minimum Gasteiger partial charge on any atom is -0.343 e. The number of carbonyl (C=O) groups excluding carboxylic acids is 1. The van der Waals surface area contributed by atoms with E-state index in [4.69, 9.17) is 0 Å². The summed E-state index contributed by atoms with van der Waals surface area (Å²) in [6, 6.07) is 13.8. The third kappa shape index (κ3) is 2.95. The molecule has 1 aliphatic carbocycles. The van der Waals surface area contributed by atoms with Gasteiger partial charge in [0.15, 0.2) is 0 Å². The topological polar surface area (TPSA) is 85.1 Å². The van der Waals surface area contributed by atoms with E-state index < -0.39 is 18.0 Å². The number of hydrogen-bond acceptors (Lipinski definition) is 4. The van der Waals surface area contributed by atoms with Gasteiger partial charge in [-0.15, -0.1) is 0 Å². The van der Waals surface area contributed by atoms with Crippen molar-refractivity contribution in [3.63, 3.8) is 0 Å². The monoisotopic (exact) mass is 297 g/mol. The van der Waals surface area contributed by atoms with Crippen LogP contribution in [0.1, 0.15) is 23.7 Å². The highest BCUT2D eigenvalue weighted by molar-refractivity contribution is 5.82. The van der Waals surface area contributed by atoms with Crippen molar-refractivity contribution in [2.24, 2.45) is 5.92 Å². The van der Waals surface area contributed by atoms with Gasteiger partial charge in [0.05, 0.1) is 11.7 Å². The summed E-state index contributed by atoms with van der Waals surface area (Å²) in [5.41, 5.74) is 1.60. The molecule has 2 aromatic rings. The minimum atomic E-state index is -0.750. The van der Waals surface area contributed by atoms with E-state index in [1.54, 1.807) is 12.3 Å². The summed E-state index contributed by atoms with van der Waals surface area (Å²) in [5.74, 6) is -0.828. The molecule has 112 valence electrons. The summed E-state index contributed by atoms with van der Waals surface area (Å²) < 4.78 is 0. The molecule has 1 amide bonds. The average molecular weight is 297 g/mol. The van der Waals surface area contributed by atoms with Crippen LogP contribution in [0.25, 0.3) is 0 Å². The maximum absolute atomic E-state index is 12.2. The molecule has 1 aromatic carbocycles. The maximum Gasteiger partial charge on any atom is 0.231 e. The number of nitro groups is 1. The van der Waals surface area contributed by atoms with E-state index in [9.17, 15) is 14.9 Å². The highest BCUT2D eigenvalue weighted by atomic mass is 16.6. The SMILES string of the molecule is O=C(NC(c1ccccc1)c1ccccn1)C1CC1[N+](=O)[O-]. The fraction of sp³-hybridized carbons (Fsp3) is 0.250. The Bertz CT molecular complexity index is 636. The average Bonchev–Trinajstić information content (AvgIpc) is 3.35. The maximum atomic E-state index is 12.2. The van der Waals surface area contributed by atoms with E-state index in [-0.39, 0.29) is 10.8 Å². The number of nitrogens with zero attached hydrogens (tertiary/aromatic N) is 2. The third-order valence-corrected chi connectivity index (χ3v) is 3.77. The zero-order valence-corrected chi connectivity index (χ0v) is 11.8. The van der Waals surface area contributed by atoms with Crippen LogP contribution in [0.3, 0.4) is 0 Å². The van der Waals surface area contributed by atoms with Gasteiger partial charge in [-0.05, 0) is 17.7 Å². The Labute approximate surface area is 127 Å². The summed E-state index contributed by atoms with van der Waals surface area (Å²) in [7, 11) is 0. The smallest absolute Gasteiger partial charge is 0.231 e. The zero-order chi connectivity index (χ0) is 15.5. The lowest BCUT2D eigenvalue weighted by atomic mass is 10.0. The number of rotatable bonds is 5. The van der Waals surface area contributed by atoms with Gasteiger partial charge in [0.25, 0.3) is 0 Å². The number of amides is 1. The molecule has 1 heterocycles. The summed E-state index contributed by atoms with van der Waals surface area (Å²) in [6.45, 7) is 0. The highest BCUT2D eigenvalue weighted by Crippen LogP contribution is 2.34. The molecule has 0 bridgehead atoms. The Morgan fingerprint density at radius 3 is 2.55 bits per heavy atom. The third-order valence-electron chi connectivity index (χ3n) is 3.77. The molecule has 3 unspecified atom stereocenters. The Morgan fingerprint density at radius 2 is 1.95 bits per heavy atom. The highest BCUT2D eigenvalue weighted by Gasteiger charge is 2.53. The first-order valence-electron chi connectivity index (χ1n) is 7.06. The summed E-state index contributed by atoms with van der Waals surface area (Å²) >= 11 is 0. The van der Waals surface area contributed by atoms with Gasteiger partial charge in [-0.3, -0.25) is 19.9 Å². The first kappa shape index (κ1) is 14.2. The van der Waals surface area contributed by atoms with Gasteiger partial charge in [0.1, 0.15) is 5.92 Å². The van der Waals surface area contributed by atoms with Gasteiger partial charge < -0.3 is 5.32 Å². The van der Waals surface area contributed by atoms with Crippen molar-refractivity contribution in [3.05, 3.63) is 76.1 Å². The van der Waals surface area contributed by atoms with E-state index in [0.717, 1.165) is 5.56 Å². The summed E-state index contributed by atoms with van der Waals surface area (Å²) in [4.78, 5) is 26.9. The molecule has 6 heteroatoms. The van der Waals surface area contributed by atoms with Crippen LogP contribution in [-0.2, 0) is 4.79 Å². The van der Waals surface area contributed by atoms with Crippen LogP contribution in [0, 0.1) is 16.0 Å². The van der Waals surface area contributed by atoms with Crippen LogP contribution in [0.4, 0.5) is 0 Å². The Morgan fingerprint density at radius 1 is 1.23 bits per heavy atom.